The molecule has 4 nitrogen and oxygen atoms in total. The maximum Gasteiger partial charge on any atom is 0.253 e. The summed E-state index contributed by atoms with van der Waals surface area (Å²) in [6, 6.07) is 0. The molecule has 0 aliphatic rings. The summed E-state index contributed by atoms with van der Waals surface area (Å²) in [5.74, 6) is 0. The van der Waals surface area contributed by atoms with Crippen LogP contribution in [-0.2, 0) is 29.0 Å². The van der Waals surface area contributed by atoms with E-state index in [0.717, 1.165) is 25.7 Å². The van der Waals surface area contributed by atoms with E-state index in [2.05, 4.69) is 38.3 Å². The first kappa shape index (κ1) is 22.2. The van der Waals surface area contributed by atoms with Crippen molar-refractivity contribution in [1.82, 2.24) is 0 Å². The molecule has 0 aliphatic carbocycles. The fraction of sp³-hybridized carbons (Fsp3) is 0.800. The van der Waals surface area contributed by atoms with Gasteiger partial charge in [-0.15, -0.1) is 0 Å². The summed E-state index contributed by atoms with van der Waals surface area (Å²) in [6.07, 6.45) is 4.28. The van der Waals surface area contributed by atoms with Crippen molar-refractivity contribution in [2.45, 2.75) is 39.5 Å². The van der Waals surface area contributed by atoms with E-state index < -0.39 is 0 Å². The minimum Gasteiger partial charge on any atom is -0.471 e. The van der Waals surface area contributed by atoms with Crippen molar-refractivity contribution < 1.29 is 29.0 Å². The minimum absolute atomic E-state index is 0. The quantitative estimate of drug-likeness (QED) is 0.441. The Hall–Kier alpha value is 0.00338. The Morgan fingerprint density at radius 2 is 1.18 bits per heavy atom. The Bertz CT molecular complexity index is 175. The van der Waals surface area contributed by atoms with Crippen LogP contribution >= 0.6 is 24.4 Å². The predicted octanol–water partition coefficient (Wildman–Crippen LogP) is 2.09. The van der Waals surface area contributed by atoms with Gasteiger partial charge in [-0.3, -0.25) is 0 Å². The van der Waals surface area contributed by atoms with Crippen molar-refractivity contribution >= 4 is 34.8 Å². The third-order valence-electron chi connectivity index (χ3n) is 1.48. The van der Waals surface area contributed by atoms with Gasteiger partial charge in [0.2, 0.25) is 0 Å². The van der Waals surface area contributed by atoms with Crippen LogP contribution in [0.2, 0.25) is 0 Å². The molecule has 4 N–H and O–H groups in total. The summed E-state index contributed by atoms with van der Waals surface area (Å²) in [5.41, 5.74) is 10.1. The predicted molar refractivity (Wildman–Crippen MR) is 75.3 cm³/mol. The first-order valence-corrected chi connectivity index (χ1v) is 6.20. The average Bonchev–Trinajstić information content (AvgIpc) is 2.18. The maximum atomic E-state index is 5.04. The monoisotopic (exact) mass is 330 g/mol. The summed E-state index contributed by atoms with van der Waals surface area (Å²) >= 11 is 8.93. The first-order valence-electron chi connectivity index (χ1n) is 5.39. The Kier molecular flexibility index (Phi) is 24.0. The molecule has 0 rings (SSSR count). The van der Waals surface area contributed by atoms with Gasteiger partial charge >= 0.3 is 0 Å². The molecule has 0 aromatic rings. The zero-order chi connectivity index (χ0) is 12.8. The van der Waals surface area contributed by atoms with Crippen molar-refractivity contribution in [3.8, 4) is 0 Å². The van der Waals surface area contributed by atoms with Crippen molar-refractivity contribution in [1.29, 1.82) is 0 Å². The second-order valence-electron chi connectivity index (χ2n) is 3.04. The van der Waals surface area contributed by atoms with Gasteiger partial charge in [-0.05, 0) is 37.3 Å². The minimum atomic E-state index is 0. The molecule has 17 heavy (non-hydrogen) atoms. The number of hydrogen-bond acceptors (Lipinski definition) is 4. The van der Waals surface area contributed by atoms with Gasteiger partial charge in [-0.25, -0.2) is 0 Å². The third kappa shape index (κ3) is 31.4. The number of nitrogens with two attached hydrogens (primary N) is 2. The van der Waals surface area contributed by atoms with Crippen LogP contribution in [0.4, 0.5) is 0 Å². The molecule has 0 spiro atoms. The van der Waals surface area contributed by atoms with Crippen molar-refractivity contribution in [3.63, 3.8) is 0 Å². The topological polar surface area (TPSA) is 70.5 Å². The summed E-state index contributed by atoms with van der Waals surface area (Å²) in [6.45, 7) is 5.49. The molecule has 0 bridgehead atoms. The van der Waals surface area contributed by atoms with Crippen LogP contribution < -0.4 is 11.5 Å². The van der Waals surface area contributed by atoms with Gasteiger partial charge in [-0.1, -0.05) is 26.7 Å². The van der Waals surface area contributed by atoms with Gasteiger partial charge in [0.15, 0.2) is 0 Å². The molecule has 0 amide bonds. The molecule has 0 aromatic heterocycles. The molecule has 0 unspecified atom stereocenters. The van der Waals surface area contributed by atoms with Crippen molar-refractivity contribution in [2.75, 3.05) is 13.2 Å². The number of unbranched alkanes of at least 4 members (excludes halogenated alkanes) is 2. The largest absolute Gasteiger partial charge is 0.471 e. The van der Waals surface area contributed by atoms with Crippen LogP contribution in [0, 0.1) is 0 Å². The zero-order valence-electron chi connectivity index (χ0n) is 10.7. The number of hydrogen-bond donors (Lipinski definition) is 2. The average molecular weight is 332 g/mol. The van der Waals surface area contributed by atoms with E-state index in [0.29, 0.717) is 13.2 Å². The van der Waals surface area contributed by atoms with Crippen LogP contribution in [0.25, 0.3) is 0 Å². The SMILES string of the molecule is CCCCOC(N)=S.CCCCOC(N)=S.[Zn]. The zero-order valence-corrected chi connectivity index (χ0v) is 15.3. The van der Waals surface area contributed by atoms with Crippen molar-refractivity contribution in [3.05, 3.63) is 0 Å². The van der Waals surface area contributed by atoms with Crippen LogP contribution in [0.15, 0.2) is 0 Å². The van der Waals surface area contributed by atoms with Crippen LogP contribution in [-0.4, -0.2) is 23.6 Å². The maximum absolute atomic E-state index is 5.04. The Labute approximate surface area is 128 Å². The van der Waals surface area contributed by atoms with E-state index in [1.807, 2.05) is 0 Å². The van der Waals surface area contributed by atoms with E-state index in [-0.39, 0.29) is 29.8 Å². The van der Waals surface area contributed by atoms with E-state index in [9.17, 15) is 0 Å². The normalized spacial score (nSPS) is 8.12. The van der Waals surface area contributed by atoms with Gasteiger partial charge in [0, 0.05) is 19.5 Å². The van der Waals surface area contributed by atoms with Crippen LogP contribution in [0.5, 0.6) is 0 Å². The Morgan fingerprint density at radius 3 is 1.35 bits per heavy atom. The molecule has 0 radical (unpaired) electrons. The molecular formula is C10H22N2O2S2Zn. The number of rotatable bonds is 6. The third-order valence-corrected chi connectivity index (χ3v) is 1.72. The van der Waals surface area contributed by atoms with E-state index in [1.165, 1.54) is 0 Å². The standard InChI is InChI=1S/2C5H11NOS.Zn/c2*1-2-3-4-7-5(6)8;/h2*2-4H2,1H3,(H2,6,8);. The van der Waals surface area contributed by atoms with Crippen LogP contribution in [0.3, 0.4) is 0 Å². The molecule has 0 saturated carbocycles. The molecule has 0 fully saturated rings. The van der Waals surface area contributed by atoms with E-state index in [4.69, 9.17) is 20.9 Å². The van der Waals surface area contributed by atoms with Gasteiger partial charge in [0.25, 0.3) is 10.3 Å². The molecule has 0 saturated heterocycles. The second kappa shape index (κ2) is 18.4. The molecule has 98 valence electrons. The summed E-state index contributed by atoms with van der Waals surface area (Å²) in [7, 11) is 0. The van der Waals surface area contributed by atoms with Gasteiger partial charge in [0.05, 0.1) is 13.2 Å². The van der Waals surface area contributed by atoms with Gasteiger partial charge in [0.1, 0.15) is 0 Å². The Balaban J connectivity index is -0.000000218. The molecule has 7 heteroatoms. The number of thiocarbonyl (C=S) groups is 2. The fourth-order valence-electron chi connectivity index (χ4n) is 0.634. The van der Waals surface area contributed by atoms with E-state index >= 15 is 0 Å². The van der Waals surface area contributed by atoms with Gasteiger partial charge in [-0.2, -0.15) is 0 Å². The second-order valence-corrected chi connectivity index (χ2v) is 3.85. The summed E-state index contributed by atoms with van der Waals surface area (Å²) in [5, 5.41) is 0.303. The summed E-state index contributed by atoms with van der Waals surface area (Å²) < 4.78 is 9.58. The number of ether oxygens (including phenoxy) is 2. The first-order chi connectivity index (χ1) is 7.54. The molecule has 0 atom stereocenters. The van der Waals surface area contributed by atoms with Crippen molar-refractivity contribution in [2.24, 2.45) is 11.5 Å². The molecule has 0 heterocycles. The smallest absolute Gasteiger partial charge is 0.253 e. The van der Waals surface area contributed by atoms with Gasteiger partial charge < -0.3 is 20.9 Å². The molecule has 0 aromatic carbocycles. The molecular weight excluding hydrogens is 310 g/mol. The molecule has 0 aliphatic heterocycles. The fourth-order valence-corrected chi connectivity index (χ4v) is 0.801. The van der Waals surface area contributed by atoms with Crippen LogP contribution in [0.1, 0.15) is 39.5 Å². The Morgan fingerprint density at radius 1 is 0.882 bits per heavy atom. The van der Waals surface area contributed by atoms with E-state index in [1.54, 1.807) is 0 Å². The summed E-state index contributed by atoms with van der Waals surface area (Å²) in [4.78, 5) is 0.